The van der Waals surface area contributed by atoms with E-state index in [9.17, 15) is 14.4 Å². The highest BCUT2D eigenvalue weighted by Crippen LogP contribution is 2.25. The summed E-state index contributed by atoms with van der Waals surface area (Å²) in [6.07, 6.45) is 0.0374. The lowest BCUT2D eigenvalue weighted by atomic mass is 10.0. The molecule has 6 nitrogen and oxygen atoms in total. The summed E-state index contributed by atoms with van der Waals surface area (Å²) in [5.41, 5.74) is 0. The molecule has 0 bridgehead atoms. The molecule has 1 rings (SSSR count). The first kappa shape index (κ1) is 13.5. The van der Waals surface area contributed by atoms with Crippen molar-refractivity contribution in [3.63, 3.8) is 0 Å². The van der Waals surface area contributed by atoms with Crippen LogP contribution in [0.5, 0.6) is 0 Å². The van der Waals surface area contributed by atoms with Gasteiger partial charge in [-0.3, -0.25) is 14.4 Å². The minimum absolute atomic E-state index is 0.0108. The van der Waals surface area contributed by atoms with Crippen LogP contribution in [0.1, 0.15) is 33.6 Å². The second-order valence-electron chi connectivity index (χ2n) is 4.14. The van der Waals surface area contributed by atoms with E-state index in [1.165, 1.54) is 13.8 Å². The first-order valence-electron chi connectivity index (χ1n) is 5.47. The summed E-state index contributed by atoms with van der Waals surface area (Å²) in [6.45, 7) is 4.91. The van der Waals surface area contributed by atoms with E-state index in [2.05, 4.69) is 0 Å². The highest BCUT2D eigenvalue weighted by atomic mass is 16.7. The van der Waals surface area contributed by atoms with Crippen LogP contribution >= 0.6 is 0 Å². The maximum Gasteiger partial charge on any atom is 0.323 e. The minimum atomic E-state index is -1.23. The predicted molar refractivity (Wildman–Crippen MR) is 55.6 cm³/mol. The fourth-order valence-electron chi connectivity index (χ4n) is 1.47. The summed E-state index contributed by atoms with van der Waals surface area (Å²) >= 11 is 0. The van der Waals surface area contributed by atoms with E-state index >= 15 is 0 Å². The van der Waals surface area contributed by atoms with Gasteiger partial charge in [0, 0.05) is 20.3 Å². The van der Waals surface area contributed by atoms with E-state index in [0.29, 0.717) is 0 Å². The van der Waals surface area contributed by atoms with Gasteiger partial charge in [0.2, 0.25) is 0 Å². The van der Waals surface area contributed by atoms with E-state index < -0.39 is 29.6 Å². The summed E-state index contributed by atoms with van der Waals surface area (Å²) in [5.74, 6) is -4.02. The number of carbonyl (C=O) groups is 3. The van der Waals surface area contributed by atoms with Crippen LogP contribution in [0.2, 0.25) is 0 Å². The molecule has 1 aliphatic rings. The van der Waals surface area contributed by atoms with Gasteiger partial charge in [0.25, 0.3) is 5.79 Å². The zero-order chi connectivity index (χ0) is 13.1. The molecule has 0 radical (unpaired) electrons. The molecule has 0 aromatic rings. The summed E-state index contributed by atoms with van der Waals surface area (Å²) in [6, 6.07) is 0. The quantitative estimate of drug-likeness (QED) is 0.537. The van der Waals surface area contributed by atoms with Crippen molar-refractivity contribution in [2.45, 2.75) is 39.4 Å². The summed E-state index contributed by atoms with van der Waals surface area (Å²) in [5, 5.41) is 0. The van der Waals surface area contributed by atoms with Crippen molar-refractivity contribution in [1.29, 1.82) is 0 Å². The van der Waals surface area contributed by atoms with Crippen molar-refractivity contribution in [2.75, 3.05) is 6.61 Å². The number of rotatable bonds is 4. The second kappa shape index (κ2) is 5.16. The first-order valence-corrected chi connectivity index (χ1v) is 5.47. The van der Waals surface area contributed by atoms with Gasteiger partial charge in [0.15, 0.2) is 5.92 Å². The largest absolute Gasteiger partial charge is 0.466 e. The third kappa shape index (κ3) is 3.72. The Morgan fingerprint density at radius 2 is 1.82 bits per heavy atom. The highest BCUT2D eigenvalue weighted by Gasteiger charge is 2.43. The van der Waals surface area contributed by atoms with Crippen LogP contribution in [0.25, 0.3) is 0 Å². The Hall–Kier alpha value is -1.59. The van der Waals surface area contributed by atoms with Gasteiger partial charge < -0.3 is 14.2 Å². The molecule has 6 heteroatoms. The van der Waals surface area contributed by atoms with Gasteiger partial charge in [-0.15, -0.1) is 0 Å². The molecule has 0 aliphatic carbocycles. The molecule has 0 amide bonds. The molecule has 0 atom stereocenters. The van der Waals surface area contributed by atoms with Gasteiger partial charge >= 0.3 is 17.9 Å². The summed E-state index contributed by atoms with van der Waals surface area (Å²) in [4.78, 5) is 34.1. The molecule has 96 valence electrons. The lowest BCUT2D eigenvalue weighted by Gasteiger charge is -2.32. The number of esters is 3. The molecule has 1 aliphatic heterocycles. The van der Waals surface area contributed by atoms with Crippen LogP contribution in [0.15, 0.2) is 0 Å². The van der Waals surface area contributed by atoms with E-state index in [4.69, 9.17) is 14.2 Å². The van der Waals surface area contributed by atoms with Crippen LogP contribution in [-0.4, -0.2) is 30.3 Å². The number of hydrogen-bond donors (Lipinski definition) is 0. The Morgan fingerprint density at radius 1 is 1.29 bits per heavy atom. The van der Waals surface area contributed by atoms with Gasteiger partial charge in [-0.25, -0.2) is 0 Å². The summed E-state index contributed by atoms with van der Waals surface area (Å²) in [7, 11) is 0. The van der Waals surface area contributed by atoms with Gasteiger partial charge in [-0.05, 0) is 13.3 Å². The normalized spacial score (nSPS) is 19.5. The van der Waals surface area contributed by atoms with E-state index in [1.54, 1.807) is 6.92 Å². The zero-order valence-corrected chi connectivity index (χ0v) is 10.1. The molecule has 0 N–H and O–H groups in total. The average Bonchev–Trinajstić information content (AvgIpc) is 2.14. The summed E-state index contributed by atoms with van der Waals surface area (Å²) < 4.78 is 14.5. The van der Waals surface area contributed by atoms with Crippen LogP contribution in [0, 0.1) is 5.92 Å². The van der Waals surface area contributed by atoms with E-state index in [1.807, 2.05) is 0 Å². The maximum absolute atomic E-state index is 11.5. The van der Waals surface area contributed by atoms with Gasteiger partial charge in [-0.2, -0.15) is 0 Å². The van der Waals surface area contributed by atoms with Crippen LogP contribution < -0.4 is 0 Å². The molecule has 0 spiro atoms. The lowest BCUT2D eigenvalue weighted by molar-refractivity contribution is -0.240. The van der Waals surface area contributed by atoms with Gasteiger partial charge in [-0.1, -0.05) is 0 Å². The highest BCUT2D eigenvalue weighted by molar-refractivity contribution is 5.96. The topological polar surface area (TPSA) is 78.9 Å². The van der Waals surface area contributed by atoms with Crippen molar-refractivity contribution in [2.24, 2.45) is 5.92 Å². The standard InChI is InChI=1S/C11H16O6/c1-4-15-8(12)6-5-7-9(13)16-11(2,3)17-10(7)14/h7H,4-6H2,1-3H3. The Morgan fingerprint density at radius 3 is 2.29 bits per heavy atom. The molecule has 17 heavy (non-hydrogen) atoms. The van der Waals surface area contributed by atoms with Crippen LogP contribution in [-0.2, 0) is 28.6 Å². The maximum atomic E-state index is 11.5. The number of carbonyl (C=O) groups excluding carboxylic acids is 3. The van der Waals surface area contributed by atoms with E-state index in [0.717, 1.165) is 0 Å². The van der Waals surface area contributed by atoms with Crippen molar-refractivity contribution < 1.29 is 28.6 Å². The monoisotopic (exact) mass is 244 g/mol. The number of ether oxygens (including phenoxy) is 3. The molecular formula is C11H16O6. The molecule has 1 heterocycles. The van der Waals surface area contributed by atoms with Crippen molar-refractivity contribution in [3.05, 3.63) is 0 Å². The molecule has 0 aromatic carbocycles. The SMILES string of the molecule is CCOC(=O)CCC1C(=O)OC(C)(C)OC1=O. The Balaban J connectivity index is 2.52. The Kier molecular flexibility index (Phi) is 4.09. The molecule has 0 saturated carbocycles. The van der Waals surface area contributed by atoms with Gasteiger partial charge in [0.05, 0.1) is 6.61 Å². The Labute approximate surface area is 99.2 Å². The predicted octanol–water partition coefficient (Wildman–Crippen LogP) is 0.782. The minimum Gasteiger partial charge on any atom is -0.466 e. The van der Waals surface area contributed by atoms with Crippen molar-refractivity contribution >= 4 is 17.9 Å². The van der Waals surface area contributed by atoms with Crippen LogP contribution in [0.3, 0.4) is 0 Å². The van der Waals surface area contributed by atoms with Crippen molar-refractivity contribution in [3.8, 4) is 0 Å². The number of hydrogen-bond acceptors (Lipinski definition) is 6. The lowest BCUT2D eigenvalue weighted by Crippen LogP contribution is -2.46. The van der Waals surface area contributed by atoms with Gasteiger partial charge in [0.1, 0.15) is 0 Å². The third-order valence-corrected chi connectivity index (χ3v) is 2.20. The molecule has 1 saturated heterocycles. The molecule has 0 aromatic heterocycles. The molecular weight excluding hydrogens is 228 g/mol. The smallest absolute Gasteiger partial charge is 0.323 e. The van der Waals surface area contributed by atoms with Crippen LogP contribution in [0.4, 0.5) is 0 Å². The third-order valence-electron chi connectivity index (χ3n) is 2.20. The van der Waals surface area contributed by atoms with E-state index in [-0.39, 0.29) is 19.4 Å². The fraction of sp³-hybridized carbons (Fsp3) is 0.727. The molecule has 1 fully saturated rings. The fourth-order valence-corrected chi connectivity index (χ4v) is 1.47. The average molecular weight is 244 g/mol. The first-order chi connectivity index (χ1) is 7.85. The Bertz CT molecular complexity index is 313. The zero-order valence-electron chi connectivity index (χ0n) is 10.1. The number of cyclic esters (lactones) is 2. The second-order valence-corrected chi connectivity index (χ2v) is 4.14. The molecule has 0 unspecified atom stereocenters. The van der Waals surface area contributed by atoms with Crippen molar-refractivity contribution in [1.82, 2.24) is 0 Å².